The van der Waals surface area contributed by atoms with Crippen LogP contribution in [0.2, 0.25) is 5.28 Å². The van der Waals surface area contributed by atoms with Crippen molar-refractivity contribution < 1.29 is 0 Å². The van der Waals surface area contributed by atoms with Gasteiger partial charge >= 0.3 is 0 Å². The molecule has 4 rings (SSSR count). The summed E-state index contributed by atoms with van der Waals surface area (Å²) in [6.07, 6.45) is 8.14. The van der Waals surface area contributed by atoms with E-state index < -0.39 is 0 Å². The van der Waals surface area contributed by atoms with Gasteiger partial charge in [-0.05, 0) is 78.8 Å². The molecule has 0 saturated carbocycles. The molecule has 0 aliphatic heterocycles. The zero-order valence-electron chi connectivity index (χ0n) is 17.7. The Morgan fingerprint density at radius 1 is 1.21 bits per heavy atom. The number of nitrogens with zero attached hydrogens (tertiary/aromatic N) is 4. The van der Waals surface area contributed by atoms with E-state index in [1.165, 1.54) is 27.8 Å². The van der Waals surface area contributed by atoms with Crippen LogP contribution < -0.4 is 4.90 Å². The van der Waals surface area contributed by atoms with Crippen LogP contribution in [0.3, 0.4) is 0 Å². The van der Waals surface area contributed by atoms with Crippen molar-refractivity contribution in [1.82, 2.24) is 15.0 Å². The molecule has 1 aliphatic rings. The molecule has 0 radical (unpaired) electrons. The first kappa shape index (κ1) is 20.5. The third-order valence-electron chi connectivity index (χ3n) is 6.19. The van der Waals surface area contributed by atoms with E-state index in [0.717, 1.165) is 43.0 Å². The zero-order valence-corrected chi connectivity index (χ0v) is 19.3. The maximum atomic E-state index is 6.36. The molecular weight excluding hydrogens is 400 g/mol. The Hall–Kier alpha value is -1.72. The molecule has 4 nitrogen and oxygen atoms in total. The molecular formula is C23H29ClN4S. The summed E-state index contributed by atoms with van der Waals surface area (Å²) >= 11 is 8.18. The summed E-state index contributed by atoms with van der Waals surface area (Å²) in [4.78, 5) is 18.3. The van der Waals surface area contributed by atoms with Gasteiger partial charge in [-0.3, -0.25) is 4.98 Å². The predicted octanol–water partition coefficient (Wildman–Crippen LogP) is 5.96. The molecule has 1 unspecified atom stereocenters. The van der Waals surface area contributed by atoms with Crippen LogP contribution in [0.5, 0.6) is 0 Å². The van der Waals surface area contributed by atoms with Crippen LogP contribution >= 0.6 is 22.9 Å². The topological polar surface area (TPSA) is 41.9 Å². The fraction of sp³-hybridized carbons (Fsp3) is 0.522. The highest BCUT2D eigenvalue weighted by molar-refractivity contribution is 7.19. The number of halogens is 1. The van der Waals surface area contributed by atoms with Crippen molar-refractivity contribution in [1.29, 1.82) is 0 Å². The minimum absolute atomic E-state index is 0.333. The summed E-state index contributed by atoms with van der Waals surface area (Å²) in [5.74, 6) is 1.71. The Morgan fingerprint density at radius 2 is 1.97 bits per heavy atom. The molecule has 0 N–H and O–H groups in total. The van der Waals surface area contributed by atoms with Gasteiger partial charge in [0.25, 0.3) is 0 Å². The molecule has 0 saturated heterocycles. The van der Waals surface area contributed by atoms with E-state index >= 15 is 0 Å². The summed E-state index contributed by atoms with van der Waals surface area (Å²) in [6, 6.07) is 4.16. The van der Waals surface area contributed by atoms with Crippen LogP contribution in [-0.2, 0) is 19.3 Å². The van der Waals surface area contributed by atoms with Gasteiger partial charge in [-0.2, -0.15) is 4.98 Å². The number of fused-ring (bicyclic) bond motifs is 3. The van der Waals surface area contributed by atoms with Gasteiger partial charge in [0.15, 0.2) is 0 Å². The average molecular weight is 429 g/mol. The number of hydrogen-bond acceptors (Lipinski definition) is 5. The highest BCUT2D eigenvalue weighted by Gasteiger charge is 2.32. The van der Waals surface area contributed by atoms with Crippen molar-refractivity contribution in [2.24, 2.45) is 11.3 Å². The molecule has 1 aliphatic carbocycles. The molecule has 0 fully saturated rings. The summed E-state index contributed by atoms with van der Waals surface area (Å²) < 4.78 is 0. The molecule has 6 heteroatoms. The number of hydrogen-bond donors (Lipinski definition) is 0. The third-order valence-corrected chi connectivity index (χ3v) is 7.51. The van der Waals surface area contributed by atoms with Crippen LogP contribution in [0.1, 0.15) is 50.1 Å². The Morgan fingerprint density at radius 3 is 2.66 bits per heavy atom. The van der Waals surface area contributed by atoms with E-state index in [9.17, 15) is 0 Å². The largest absolute Gasteiger partial charge is 0.356 e. The lowest BCUT2D eigenvalue weighted by Crippen LogP contribution is -2.28. The minimum Gasteiger partial charge on any atom is -0.356 e. The number of rotatable bonds is 5. The monoisotopic (exact) mass is 428 g/mol. The van der Waals surface area contributed by atoms with Crippen molar-refractivity contribution in [2.75, 3.05) is 18.0 Å². The number of anilines is 1. The molecule has 0 aromatic carbocycles. The molecule has 0 amide bonds. The summed E-state index contributed by atoms with van der Waals surface area (Å²) in [5, 5.41) is 1.58. The van der Waals surface area contributed by atoms with E-state index in [0.29, 0.717) is 16.6 Å². The van der Waals surface area contributed by atoms with Gasteiger partial charge in [-0.15, -0.1) is 11.3 Å². The van der Waals surface area contributed by atoms with Crippen LogP contribution in [0.25, 0.3) is 10.2 Å². The van der Waals surface area contributed by atoms with Crippen molar-refractivity contribution in [2.45, 2.75) is 53.4 Å². The smallest absolute Gasteiger partial charge is 0.225 e. The third kappa shape index (κ3) is 4.26. The van der Waals surface area contributed by atoms with E-state index in [4.69, 9.17) is 16.6 Å². The number of thiophene rings is 1. The highest BCUT2D eigenvalue weighted by Crippen LogP contribution is 2.45. The number of aryl methyl sites for hydroxylation is 1. The second-order valence-electron chi connectivity index (χ2n) is 8.99. The molecule has 0 bridgehead atoms. The zero-order chi connectivity index (χ0) is 20.6. The van der Waals surface area contributed by atoms with Gasteiger partial charge < -0.3 is 4.90 Å². The van der Waals surface area contributed by atoms with Gasteiger partial charge in [0.1, 0.15) is 10.6 Å². The number of pyridine rings is 1. The second-order valence-corrected chi connectivity index (χ2v) is 10.4. The summed E-state index contributed by atoms with van der Waals surface area (Å²) in [6.45, 7) is 11.0. The van der Waals surface area contributed by atoms with Crippen molar-refractivity contribution in [3.63, 3.8) is 0 Å². The first-order valence-electron chi connectivity index (χ1n) is 10.5. The van der Waals surface area contributed by atoms with Gasteiger partial charge in [0.05, 0.1) is 5.39 Å². The number of aromatic nitrogens is 3. The van der Waals surface area contributed by atoms with Crippen LogP contribution in [0.4, 0.5) is 5.82 Å². The molecule has 1 atom stereocenters. The fourth-order valence-electron chi connectivity index (χ4n) is 4.33. The van der Waals surface area contributed by atoms with Crippen molar-refractivity contribution in [3.8, 4) is 0 Å². The lowest BCUT2D eigenvalue weighted by atomic mass is 9.72. The normalized spacial score (nSPS) is 16.8. The van der Waals surface area contributed by atoms with Gasteiger partial charge in [-0.1, -0.05) is 20.8 Å². The summed E-state index contributed by atoms with van der Waals surface area (Å²) in [7, 11) is 0. The molecule has 3 aromatic heterocycles. The Balaban J connectivity index is 1.69. The quantitative estimate of drug-likeness (QED) is 0.470. The first-order valence-corrected chi connectivity index (χ1v) is 11.7. The predicted molar refractivity (Wildman–Crippen MR) is 123 cm³/mol. The molecule has 3 heterocycles. The molecule has 29 heavy (non-hydrogen) atoms. The van der Waals surface area contributed by atoms with E-state index in [2.05, 4.69) is 54.7 Å². The lowest BCUT2D eigenvalue weighted by Gasteiger charge is -2.34. The van der Waals surface area contributed by atoms with Crippen molar-refractivity contribution in [3.05, 3.63) is 45.8 Å². The van der Waals surface area contributed by atoms with Gasteiger partial charge in [-0.25, -0.2) is 4.98 Å². The summed E-state index contributed by atoms with van der Waals surface area (Å²) in [5.41, 5.74) is 3.08. The number of likely N-dealkylation sites (N-methyl/N-ethyl adjacent to an activating group) is 1. The van der Waals surface area contributed by atoms with Crippen LogP contribution in [0.15, 0.2) is 24.5 Å². The standard InChI is InChI=1S/C23H29ClN4S/c1-5-28(13-10-15-8-11-25-12-9-15)20-19-17-7-6-16(23(2,3)4)14-18(17)29-21(19)27-22(24)26-20/h8-9,11-12,16H,5-7,10,13-14H2,1-4H3. The van der Waals surface area contributed by atoms with E-state index in [-0.39, 0.29) is 0 Å². The molecule has 3 aromatic rings. The lowest BCUT2D eigenvalue weighted by molar-refractivity contribution is 0.218. The van der Waals surface area contributed by atoms with E-state index in [1.54, 1.807) is 0 Å². The maximum absolute atomic E-state index is 6.36. The minimum atomic E-state index is 0.333. The second kappa shape index (κ2) is 8.19. The average Bonchev–Trinajstić information content (AvgIpc) is 3.05. The maximum Gasteiger partial charge on any atom is 0.225 e. The molecule has 0 spiro atoms. The van der Waals surface area contributed by atoms with Gasteiger partial charge in [0.2, 0.25) is 5.28 Å². The van der Waals surface area contributed by atoms with Gasteiger partial charge in [0, 0.05) is 30.4 Å². The fourth-order valence-corrected chi connectivity index (χ4v) is 5.84. The SMILES string of the molecule is CCN(CCc1ccncc1)c1nc(Cl)nc2sc3c(c12)CCC(C(C)(C)C)C3. The van der Waals surface area contributed by atoms with E-state index in [1.807, 2.05) is 23.7 Å². The Kier molecular flexibility index (Phi) is 5.80. The van der Waals surface area contributed by atoms with Crippen molar-refractivity contribution >= 4 is 39.0 Å². The van der Waals surface area contributed by atoms with Crippen LogP contribution in [-0.4, -0.2) is 28.0 Å². The molecule has 154 valence electrons. The Labute approximate surface area is 182 Å². The van der Waals surface area contributed by atoms with Crippen LogP contribution in [0, 0.1) is 11.3 Å². The first-order chi connectivity index (χ1) is 13.9. The Bertz CT molecular complexity index is 994. The highest BCUT2D eigenvalue weighted by atomic mass is 35.5.